The third-order valence-electron chi connectivity index (χ3n) is 2.78. The second-order valence-corrected chi connectivity index (χ2v) is 6.98. The summed E-state index contributed by atoms with van der Waals surface area (Å²) in [6, 6.07) is 0. The summed E-state index contributed by atoms with van der Waals surface area (Å²) in [4.78, 5) is 7.87. The number of aryl methyl sites for hydroxylation is 1. The number of hydrogen-bond acceptors (Lipinski definition) is 6. The lowest BCUT2D eigenvalue weighted by Gasteiger charge is -2.36. The van der Waals surface area contributed by atoms with Crippen molar-refractivity contribution in [2.45, 2.75) is 11.1 Å². The van der Waals surface area contributed by atoms with Crippen LogP contribution in [0.5, 0.6) is 5.19 Å². The monoisotopic (exact) mass is 300 g/mol. The van der Waals surface area contributed by atoms with Crippen molar-refractivity contribution < 1.29 is 13.2 Å². The van der Waals surface area contributed by atoms with Crippen molar-refractivity contribution in [3.8, 4) is 5.19 Å². The van der Waals surface area contributed by atoms with E-state index in [4.69, 9.17) is 4.74 Å². The highest BCUT2D eigenvalue weighted by molar-refractivity contribution is 7.89. The van der Waals surface area contributed by atoms with E-state index in [2.05, 4.69) is 9.97 Å². The minimum atomic E-state index is -3.49. The summed E-state index contributed by atoms with van der Waals surface area (Å²) in [5.41, 5.74) is 0. The van der Waals surface area contributed by atoms with E-state index < -0.39 is 10.0 Å². The Morgan fingerprint density at radius 3 is 2.79 bits per heavy atom. The highest BCUT2D eigenvalue weighted by Crippen LogP contribution is 2.24. The second kappa shape index (κ2) is 4.58. The van der Waals surface area contributed by atoms with E-state index in [1.807, 2.05) is 5.38 Å². The first-order valence-corrected chi connectivity index (χ1v) is 7.92. The van der Waals surface area contributed by atoms with E-state index in [1.165, 1.54) is 28.2 Å². The quantitative estimate of drug-likeness (QED) is 0.813. The average molecular weight is 300 g/mol. The SMILES string of the molecule is Cn1cnc(S(=O)(=O)N2CC(Oc3nccs3)C2)c1. The smallest absolute Gasteiger partial charge is 0.273 e. The Bertz CT molecular complexity index is 659. The van der Waals surface area contributed by atoms with Crippen molar-refractivity contribution in [1.29, 1.82) is 0 Å². The Labute approximate surface area is 114 Å². The normalized spacial score (nSPS) is 17.3. The van der Waals surface area contributed by atoms with Gasteiger partial charge in [0.25, 0.3) is 15.2 Å². The van der Waals surface area contributed by atoms with Crippen LogP contribution in [0.1, 0.15) is 0 Å². The van der Waals surface area contributed by atoms with Gasteiger partial charge in [0.15, 0.2) is 5.03 Å². The molecule has 0 bridgehead atoms. The van der Waals surface area contributed by atoms with Gasteiger partial charge in [-0.3, -0.25) is 0 Å². The first-order valence-electron chi connectivity index (χ1n) is 5.60. The van der Waals surface area contributed by atoms with E-state index >= 15 is 0 Å². The lowest BCUT2D eigenvalue weighted by Crippen LogP contribution is -2.56. The highest BCUT2D eigenvalue weighted by atomic mass is 32.2. The number of thiazole rings is 1. The van der Waals surface area contributed by atoms with Gasteiger partial charge < -0.3 is 9.30 Å². The summed E-state index contributed by atoms with van der Waals surface area (Å²) >= 11 is 1.39. The molecule has 0 N–H and O–H groups in total. The lowest BCUT2D eigenvalue weighted by atomic mass is 10.2. The molecule has 3 rings (SSSR count). The first-order chi connectivity index (χ1) is 9.05. The van der Waals surface area contributed by atoms with Crippen LogP contribution in [0.3, 0.4) is 0 Å². The molecule has 0 amide bonds. The van der Waals surface area contributed by atoms with E-state index in [0.29, 0.717) is 18.3 Å². The van der Waals surface area contributed by atoms with E-state index in [1.54, 1.807) is 17.8 Å². The molecule has 19 heavy (non-hydrogen) atoms. The minimum absolute atomic E-state index is 0.0719. The van der Waals surface area contributed by atoms with E-state index in [9.17, 15) is 8.42 Å². The van der Waals surface area contributed by atoms with Crippen LogP contribution in [0, 0.1) is 0 Å². The number of nitrogens with zero attached hydrogens (tertiary/aromatic N) is 4. The zero-order chi connectivity index (χ0) is 13.5. The van der Waals surface area contributed by atoms with Gasteiger partial charge in [0.05, 0.1) is 19.4 Å². The van der Waals surface area contributed by atoms with Crippen molar-refractivity contribution in [3.05, 3.63) is 24.1 Å². The molecule has 3 heterocycles. The molecule has 0 aromatic carbocycles. The Hall–Kier alpha value is -1.45. The van der Waals surface area contributed by atoms with Crippen molar-refractivity contribution in [3.63, 3.8) is 0 Å². The summed E-state index contributed by atoms with van der Waals surface area (Å²) in [5, 5.41) is 2.46. The summed E-state index contributed by atoms with van der Waals surface area (Å²) < 4.78 is 32.8. The van der Waals surface area contributed by atoms with Gasteiger partial charge in [-0.05, 0) is 0 Å². The van der Waals surface area contributed by atoms with Crippen LogP contribution in [0.2, 0.25) is 0 Å². The number of ether oxygens (including phenoxy) is 1. The number of sulfonamides is 1. The van der Waals surface area contributed by atoms with Gasteiger partial charge in [-0.25, -0.2) is 18.4 Å². The molecular weight excluding hydrogens is 288 g/mol. The molecule has 0 radical (unpaired) electrons. The number of rotatable bonds is 4. The Kier molecular flexibility index (Phi) is 3.03. The molecule has 1 saturated heterocycles. The molecule has 0 aliphatic carbocycles. The molecule has 2 aromatic heterocycles. The molecule has 102 valence electrons. The molecule has 2 aromatic rings. The van der Waals surface area contributed by atoms with Gasteiger partial charge in [-0.15, -0.1) is 0 Å². The van der Waals surface area contributed by atoms with Crippen molar-refractivity contribution in [2.24, 2.45) is 7.05 Å². The maximum atomic E-state index is 12.2. The van der Waals surface area contributed by atoms with Crippen LogP contribution in [-0.2, 0) is 17.1 Å². The number of aromatic nitrogens is 3. The summed E-state index contributed by atoms with van der Waals surface area (Å²) in [5.74, 6) is 0. The summed E-state index contributed by atoms with van der Waals surface area (Å²) in [6.45, 7) is 0.664. The molecule has 0 saturated carbocycles. The van der Waals surface area contributed by atoms with Gasteiger partial charge in [0, 0.05) is 24.8 Å². The van der Waals surface area contributed by atoms with Crippen LogP contribution in [0.25, 0.3) is 0 Å². The van der Waals surface area contributed by atoms with Gasteiger partial charge in [-0.1, -0.05) is 11.3 Å². The fraction of sp³-hybridized carbons (Fsp3) is 0.400. The number of imidazole rings is 1. The second-order valence-electron chi connectivity index (χ2n) is 4.24. The van der Waals surface area contributed by atoms with Crippen molar-refractivity contribution >= 4 is 21.4 Å². The molecular formula is C10H12N4O3S2. The Balaban J connectivity index is 1.64. The van der Waals surface area contributed by atoms with Gasteiger partial charge in [0.2, 0.25) is 0 Å². The topological polar surface area (TPSA) is 77.3 Å². The predicted molar refractivity (Wildman–Crippen MR) is 68.5 cm³/mol. The standard InChI is InChI=1S/C10H12N4O3S2/c1-13-6-9(12-7-13)19(15,16)14-4-8(5-14)17-10-11-2-3-18-10/h2-3,6-8H,4-5H2,1H3. The van der Waals surface area contributed by atoms with Gasteiger partial charge in [0.1, 0.15) is 6.10 Å². The third kappa shape index (κ3) is 2.36. The summed E-state index contributed by atoms with van der Waals surface area (Å²) in [7, 11) is -1.76. The van der Waals surface area contributed by atoms with Crippen LogP contribution >= 0.6 is 11.3 Å². The number of hydrogen-bond donors (Lipinski definition) is 0. The summed E-state index contributed by atoms with van der Waals surface area (Å²) in [6.07, 6.45) is 4.48. The average Bonchev–Trinajstić information content (AvgIpc) is 2.93. The minimum Gasteiger partial charge on any atom is -0.464 e. The van der Waals surface area contributed by atoms with Crippen molar-refractivity contribution in [1.82, 2.24) is 18.8 Å². The fourth-order valence-corrected chi connectivity index (χ4v) is 3.76. The van der Waals surface area contributed by atoms with Crippen LogP contribution in [-0.4, -0.2) is 46.5 Å². The molecule has 1 aliphatic heterocycles. The zero-order valence-electron chi connectivity index (χ0n) is 10.1. The fourth-order valence-electron chi connectivity index (χ4n) is 1.74. The molecule has 0 atom stereocenters. The maximum absolute atomic E-state index is 12.2. The predicted octanol–water partition coefficient (Wildman–Crippen LogP) is 0.328. The Morgan fingerprint density at radius 1 is 1.42 bits per heavy atom. The van der Waals surface area contributed by atoms with E-state index in [0.717, 1.165) is 0 Å². The molecule has 0 unspecified atom stereocenters. The first kappa shape index (κ1) is 12.6. The van der Waals surface area contributed by atoms with Gasteiger partial charge in [-0.2, -0.15) is 4.31 Å². The maximum Gasteiger partial charge on any atom is 0.273 e. The molecule has 9 heteroatoms. The molecule has 1 aliphatic rings. The molecule has 0 spiro atoms. The highest BCUT2D eigenvalue weighted by Gasteiger charge is 2.39. The Morgan fingerprint density at radius 2 is 2.21 bits per heavy atom. The molecule has 7 nitrogen and oxygen atoms in total. The lowest BCUT2D eigenvalue weighted by molar-refractivity contribution is 0.0758. The third-order valence-corrected chi connectivity index (χ3v) is 5.16. The zero-order valence-corrected chi connectivity index (χ0v) is 11.8. The van der Waals surface area contributed by atoms with Gasteiger partial charge >= 0.3 is 0 Å². The van der Waals surface area contributed by atoms with Crippen LogP contribution in [0.4, 0.5) is 0 Å². The van der Waals surface area contributed by atoms with Crippen molar-refractivity contribution in [2.75, 3.05) is 13.1 Å². The van der Waals surface area contributed by atoms with E-state index in [-0.39, 0.29) is 11.1 Å². The largest absolute Gasteiger partial charge is 0.464 e. The molecule has 1 fully saturated rings. The van der Waals surface area contributed by atoms with Crippen LogP contribution in [0.15, 0.2) is 29.1 Å². The van der Waals surface area contributed by atoms with Crippen LogP contribution < -0.4 is 4.74 Å².